The number of ether oxygens (including phenoxy) is 2. The molecule has 0 radical (unpaired) electrons. The van der Waals surface area contributed by atoms with Crippen LogP contribution in [0.5, 0.6) is 17.2 Å². The molecule has 0 spiro atoms. The van der Waals surface area contributed by atoms with Crippen molar-refractivity contribution in [1.82, 2.24) is 5.32 Å². The molecule has 5 heteroatoms. The van der Waals surface area contributed by atoms with E-state index in [2.05, 4.69) is 5.32 Å². The predicted octanol–water partition coefficient (Wildman–Crippen LogP) is 3.31. The summed E-state index contributed by atoms with van der Waals surface area (Å²) >= 11 is 0. The van der Waals surface area contributed by atoms with E-state index in [1.807, 2.05) is 25.1 Å². The Morgan fingerprint density at radius 3 is 2.75 bits per heavy atom. The van der Waals surface area contributed by atoms with Gasteiger partial charge in [0.05, 0.1) is 7.11 Å². The molecule has 0 amide bonds. The zero-order valence-electron chi connectivity index (χ0n) is 14.1. The Balaban J connectivity index is 1.99. The third-order valence-corrected chi connectivity index (χ3v) is 4.46. The van der Waals surface area contributed by atoms with Gasteiger partial charge in [0.25, 0.3) is 0 Å². The fraction of sp³-hybridized carbons (Fsp3) is 0.368. The van der Waals surface area contributed by atoms with Gasteiger partial charge in [0, 0.05) is 13.0 Å². The Morgan fingerprint density at radius 2 is 2.08 bits per heavy atom. The monoisotopic (exact) mass is 331 g/mol. The van der Waals surface area contributed by atoms with Crippen LogP contribution in [0.15, 0.2) is 36.4 Å². The lowest BCUT2D eigenvalue weighted by Crippen LogP contribution is -2.41. The molecule has 0 aromatic heterocycles. The van der Waals surface area contributed by atoms with Crippen LogP contribution in [0.3, 0.4) is 0 Å². The number of aromatic hydroxyl groups is 1. The van der Waals surface area contributed by atoms with Gasteiger partial charge < -0.3 is 19.9 Å². The smallest absolute Gasteiger partial charge is 0.168 e. The Hall–Kier alpha value is -2.27. The minimum absolute atomic E-state index is 0.165. The van der Waals surface area contributed by atoms with Crippen LogP contribution in [0.4, 0.5) is 4.39 Å². The first-order valence-corrected chi connectivity index (χ1v) is 7.93. The third-order valence-electron chi connectivity index (χ3n) is 4.46. The molecule has 2 unspecified atom stereocenters. The molecule has 0 saturated carbocycles. The molecule has 128 valence electrons. The molecule has 0 heterocycles. The van der Waals surface area contributed by atoms with Crippen molar-refractivity contribution >= 4 is 0 Å². The van der Waals surface area contributed by atoms with E-state index in [1.54, 1.807) is 32.4 Å². The van der Waals surface area contributed by atoms with Crippen LogP contribution in [0.1, 0.15) is 22.8 Å². The molecule has 3 rings (SSSR count). The first kappa shape index (κ1) is 16.6. The fourth-order valence-electron chi connectivity index (χ4n) is 3.32. The number of phenolic OH excluding ortho intramolecular Hbond substituents is 1. The highest BCUT2D eigenvalue weighted by atomic mass is 19.1. The standard InChI is InChI=1S/C19H22FNO3/c1-12-8-14(22)4-7-17(12)24-18-16-6-5-15(23-3)9-13(16)10-19(18,20)11-21-2/h4-9,18,21-22H,10-11H2,1-3H3. The maximum absolute atomic E-state index is 15.6. The van der Waals surface area contributed by atoms with Crippen LogP contribution in [0.2, 0.25) is 0 Å². The van der Waals surface area contributed by atoms with Gasteiger partial charge in [0.2, 0.25) is 0 Å². The molecular weight excluding hydrogens is 309 g/mol. The molecule has 24 heavy (non-hydrogen) atoms. The van der Waals surface area contributed by atoms with E-state index in [0.717, 1.165) is 16.7 Å². The van der Waals surface area contributed by atoms with Gasteiger partial charge in [-0.15, -0.1) is 0 Å². The van der Waals surface area contributed by atoms with Gasteiger partial charge in [0.1, 0.15) is 17.2 Å². The second kappa shape index (κ2) is 6.32. The topological polar surface area (TPSA) is 50.7 Å². The number of rotatable bonds is 5. The second-order valence-corrected chi connectivity index (χ2v) is 6.25. The van der Waals surface area contributed by atoms with Gasteiger partial charge in [-0.05, 0) is 61.0 Å². The number of fused-ring (bicyclic) bond motifs is 1. The van der Waals surface area contributed by atoms with Gasteiger partial charge >= 0.3 is 0 Å². The van der Waals surface area contributed by atoms with Gasteiger partial charge in [-0.3, -0.25) is 0 Å². The number of halogens is 1. The van der Waals surface area contributed by atoms with E-state index in [1.165, 1.54) is 0 Å². The summed E-state index contributed by atoms with van der Waals surface area (Å²) < 4.78 is 26.9. The van der Waals surface area contributed by atoms with Crippen molar-refractivity contribution in [2.24, 2.45) is 0 Å². The highest BCUT2D eigenvalue weighted by molar-refractivity contribution is 5.45. The summed E-state index contributed by atoms with van der Waals surface area (Å²) in [6.07, 6.45) is -0.448. The number of alkyl halides is 1. The molecule has 1 aliphatic rings. The largest absolute Gasteiger partial charge is 0.508 e. The number of hydrogen-bond donors (Lipinski definition) is 2. The van der Waals surface area contributed by atoms with Crippen molar-refractivity contribution in [3.8, 4) is 17.2 Å². The molecule has 2 aromatic rings. The Morgan fingerprint density at radius 1 is 1.29 bits per heavy atom. The van der Waals surface area contributed by atoms with Gasteiger partial charge in [0.15, 0.2) is 11.8 Å². The Kier molecular flexibility index (Phi) is 4.37. The highest BCUT2D eigenvalue weighted by Crippen LogP contribution is 2.46. The van der Waals surface area contributed by atoms with Crippen LogP contribution in [0, 0.1) is 6.92 Å². The number of benzene rings is 2. The maximum Gasteiger partial charge on any atom is 0.168 e. The molecule has 0 aliphatic heterocycles. The van der Waals surface area contributed by atoms with Crippen molar-refractivity contribution in [2.75, 3.05) is 20.7 Å². The molecule has 2 aromatic carbocycles. The van der Waals surface area contributed by atoms with Crippen molar-refractivity contribution in [1.29, 1.82) is 0 Å². The summed E-state index contributed by atoms with van der Waals surface area (Å²) in [6, 6.07) is 10.4. The first-order valence-electron chi connectivity index (χ1n) is 7.93. The van der Waals surface area contributed by atoms with Gasteiger partial charge in [-0.25, -0.2) is 4.39 Å². The van der Waals surface area contributed by atoms with Crippen LogP contribution >= 0.6 is 0 Å². The highest BCUT2D eigenvalue weighted by Gasteiger charge is 2.48. The van der Waals surface area contributed by atoms with Crippen LogP contribution in [0.25, 0.3) is 0 Å². The van der Waals surface area contributed by atoms with Crippen molar-refractivity contribution in [3.05, 3.63) is 53.1 Å². The zero-order chi connectivity index (χ0) is 17.3. The Bertz CT molecular complexity index is 749. The summed E-state index contributed by atoms with van der Waals surface area (Å²) in [4.78, 5) is 0. The van der Waals surface area contributed by atoms with E-state index in [-0.39, 0.29) is 18.7 Å². The molecule has 4 nitrogen and oxygen atoms in total. The van der Waals surface area contributed by atoms with E-state index in [9.17, 15) is 5.11 Å². The Labute approximate surface area is 141 Å². The first-order chi connectivity index (χ1) is 11.5. The van der Waals surface area contributed by atoms with Crippen molar-refractivity contribution in [2.45, 2.75) is 25.1 Å². The van der Waals surface area contributed by atoms with Crippen LogP contribution in [-0.4, -0.2) is 31.5 Å². The summed E-state index contributed by atoms with van der Waals surface area (Å²) in [7, 11) is 3.33. The predicted molar refractivity (Wildman–Crippen MR) is 90.7 cm³/mol. The number of phenols is 1. The lowest BCUT2D eigenvalue weighted by molar-refractivity contribution is 0.0228. The second-order valence-electron chi connectivity index (χ2n) is 6.25. The molecule has 1 aliphatic carbocycles. The minimum atomic E-state index is -1.55. The lowest BCUT2D eigenvalue weighted by Gasteiger charge is -2.29. The molecule has 0 saturated heterocycles. The normalized spacial score (nSPS) is 22.2. The summed E-state index contributed by atoms with van der Waals surface area (Å²) in [5.41, 5.74) is 0.951. The summed E-state index contributed by atoms with van der Waals surface area (Å²) in [6.45, 7) is 2.02. The average Bonchev–Trinajstić information content (AvgIpc) is 2.81. The summed E-state index contributed by atoms with van der Waals surface area (Å²) in [5, 5.41) is 12.5. The molecule has 2 N–H and O–H groups in total. The van der Waals surface area contributed by atoms with E-state index >= 15 is 4.39 Å². The van der Waals surface area contributed by atoms with Crippen LogP contribution < -0.4 is 14.8 Å². The fourth-order valence-corrected chi connectivity index (χ4v) is 3.32. The minimum Gasteiger partial charge on any atom is -0.508 e. The van der Waals surface area contributed by atoms with E-state index in [0.29, 0.717) is 11.5 Å². The molecule has 2 atom stereocenters. The van der Waals surface area contributed by atoms with Crippen LogP contribution in [-0.2, 0) is 6.42 Å². The van der Waals surface area contributed by atoms with E-state index < -0.39 is 11.8 Å². The zero-order valence-corrected chi connectivity index (χ0v) is 14.1. The van der Waals surface area contributed by atoms with Crippen molar-refractivity contribution < 1.29 is 19.0 Å². The van der Waals surface area contributed by atoms with Crippen molar-refractivity contribution in [3.63, 3.8) is 0 Å². The quantitative estimate of drug-likeness (QED) is 0.882. The number of hydrogen-bond acceptors (Lipinski definition) is 4. The molecule has 0 fully saturated rings. The van der Waals surface area contributed by atoms with Gasteiger partial charge in [-0.1, -0.05) is 6.07 Å². The lowest BCUT2D eigenvalue weighted by atomic mass is 9.99. The number of aryl methyl sites for hydroxylation is 1. The number of nitrogens with one attached hydrogen (secondary N) is 1. The maximum atomic E-state index is 15.6. The average molecular weight is 331 g/mol. The van der Waals surface area contributed by atoms with E-state index in [4.69, 9.17) is 9.47 Å². The SMILES string of the molecule is CNCC1(F)Cc2cc(OC)ccc2C1Oc1ccc(O)cc1C. The van der Waals surface area contributed by atoms with Gasteiger partial charge in [-0.2, -0.15) is 0 Å². The summed E-state index contributed by atoms with van der Waals surface area (Å²) in [5.74, 6) is 1.44. The molecule has 0 bridgehead atoms. The number of methoxy groups -OCH3 is 1. The molecular formula is C19H22FNO3. The third kappa shape index (κ3) is 2.91.